The van der Waals surface area contributed by atoms with E-state index in [-0.39, 0.29) is 46.8 Å². The minimum atomic E-state index is -0.337. The molecule has 1 aromatic rings. The molecule has 0 aliphatic carbocycles. The number of para-hydroxylation sites is 1. The Labute approximate surface area is 93.1 Å². The number of hydrogen-bond acceptors (Lipinski definition) is 2. The van der Waals surface area contributed by atoms with Crippen molar-refractivity contribution in [1.82, 2.24) is 5.32 Å². The van der Waals surface area contributed by atoms with Crippen molar-refractivity contribution in [3.63, 3.8) is 0 Å². The smallest absolute Gasteiger partial charge is 0.872 e. The number of rotatable bonds is 1. The molecule has 0 unspecified atom stereocenters. The molecule has 1 amide bonds. The Morgan fingerprint density at radius 1 is 1.42 bits per heavy atom. The molecule has 0 spiro atoms. The van der Waals surface area contributed by atoms with E-state index >= 15 is 0 Å². The Kier molecular flexibility index (Phi) is 4.97. The van der Waals surface area contributed by atoms with Gasteiger partial charge in [0.15, 0.2) is 0 Å². The number of hydrogen-bond donors (Lipinski definition) is 1. The fourth-order valence-electron chi connectivity index (χ4n) is 0.789. The maximum atomic E-state index is 11.0. The van der Waals surface area contributed by atoms with Crippen LogP contribution in [0.3, 0.4) is 0 Å². The van der Waals surface area contributed by atoms with Gasteiger partial charge in [-0.05, 0) is 0 Å². The zero-order chi connectivity index (χ0) is 8.27. The van der Waals surface area contributed by atoms with Crippen molar-refractivity contribution in [2.24, 2.45) is 0 Å². The summed E-state index contributed by atoms with van der Waals surface area (Å²) in [5, 5.41) is 13.3. The van der Waals surface area contributed by atoms with E-state index in [9.17, 15) is 9.90 Å². The second-order valence-corrected chi connectivity index (χ2v) is 2.08. The molecule has 3 nitrogen and oxygen atoms in total. The molecule has 1 N–H and O–H groups in total. The molecule has 0 saturated heterocycles. The number of benzene rings is 1. The Morgan fingerprint density at radius 3 is 2.50 bits per heavy atom. The van der Waals surface area contributed by atoms with Gasteiger partial charge >= 0.3 is 29.6 Å². The van der Waals surface area contributed by atoms with Crippen molar-refractivity contribution in [1.29, 1.82) is 0 Å². The fourth-order valence-corrected chi connectivity index (χ4v) is 0.789. The number of carbonyl (C=O) groups is 1. The van der Waals surface area contributed by atoms with Gasteiger partial charge in [-0.1, -0.05) is 30.0 Å². The van der Waals surface area contributed by atoms with Crippen LogP contribution in [0.2, 0.25) is 0 Å². The molecule has 0 aliphatic rings. The molecule has 0 fully saturated rings. The largest absolute Gasteiger partial charge is 1.00 e. The quantitative estimate of drug-likeness (QED) is 0.464. The van der Waals surface area contributed by atoms with Gasteiger partial charge in [0.2, 0.25) is 5.91 Å². The van der Waals surface area contributed by atoms with E-state index in [0.29, 0.717) is 0 Å². The van der Waals surface area contributed by atoms with E-state index in [1.54, 1.807) is 12.1 Å². The van der Waals surface area contributed by atoms with E-state index < -0.39 is 0 Å². The fraction of sp³-hybridized carbons (Fsp3) is 0.125. The van der Waals surface area contributed by atoms with E-state index in [1.165, 1.54) is 19.2 Å². The number of carbonyl (C=O) groups excluding carboxylic acids is 1. The van der Waals surface area contributed by atoms with Crippen LogP contribution >= 0.6 is 0 Å². The van der Waals surface area contributed by atoms with Crippen LogP contribution in [0.1, 0.15) is 10.4 Å². The van der Waals surface area contributed by atoms with Crippen LogP contribution in [0.4, 0.5) is 0 Å². The monoisotopic (exact) mass is 173 g/mol. The van der Waals surface area contributed by atoms with Crippen molar-refractivity contribution in [3.8, 4) is 5.75 Å². The van der Waals surface area contributed by atoms with Crippen molar-refractivity contribution in [2.45, 2.75) is 0 Å². The zero-order valence-corrected chi connectivity index (χ0v) is 9.13. The molecule has 1 aromatic carbocycles. The first-order valence-corrected chi connectivity index (χ1v) is 3.24. The van der Waals surface area contributed by atoms with Gasteiger partial charge in [-0.2, -0.15) is 0 Å². The second-order valence-electron chi connectivity index (χ2n) is 2.08. The predicted molar refractivity (Wildman–Crippen MR) is 39.3 cm³/mol. The van der Waals surface area contributed by atoms with Crippen LogP contribution in [-0.2, 0) is 0 Å². The standard InChI is InChI=1S/C8H9NO2.Na/c1-9-8(11)6-4-2-3-5-7(6)10;/h2-5,10H,1H3,(H,9,11);/q;+1/p-1. The summed E-state index contributed by atoms with van der Waals surface area (Å²) < 4.78 is 0. The molecular formula is C8H8NNaO2. The number of nitrogens with one attached hydrogen (secondary N) is 1. The molecule has 0 bridgehead atoms. The van der Waals surface area contributed by atoms with Crippen molar-refractivity contribution in [2.75, 3.05) is 7.05 Å². The molecule has 1 rings (SSSR count). The third-order valence-corrected chi connectivity index (χ3v) is 1.36. The molecule has 0 heterocycles. The summed E-state index contributed by atoms with van der Waals surface area (Å²) in [6.07, 6.45) is 0. The van der Waals surface area contributed by atoms with Gasteiger partial charge in [0.25, 0.3) is 0 Å². The Hall–Kier alpha value is -0.510. The second kappa shape index (κ2) is 5.19. The van der Waals surface area contributed by atoms with E-state index in [1.807, 2.05) is 0 Å². The normalized spacial score (nSPS) is 8.42. The molecule has 12 heavy (non-hydrogen) atoms. The third-order valence-electron chi connectivity index (χ3n) is 1.36. The average molecular weight is 173 g/mol. The molecule has 58 valence electrons. The first-order valence-electron chi connectivity index (χ1n) is 3.24. The molecule has 0 atom stereocenters. The van der Waals surface area contributed by atoms with Crippen LogP contribution in [0.25, 0.3) is 0 Å². The summed E-state index contributed by atoms with van der Waals surface area (Å²) in [6, 6.07) is 6.13. The van der Waals surface area contributed by atoms with Crippen LogP contribution < -0.4 is 40.0 Å². The van der Waals surface area contributed by atoms with E-state index in [4.69, 9.17) is 0 Å². The van der Waals surface area contributed by atoms with Gasteiger partial charge in [-0.3, -0.25) is 4.79 Å². The summed E-state index contributed by atoms with van der Waals surface area (Å²) in [5.41, 5.74) is 0.190. The summed E-state index contributed by atoms with van der Waals surface area (Å²) in [5.74, 6) is -0.581. The third kappa shape index (κ3) is 2.52. The van der Waals surface area contributed by atoms with Crippen molar-refractivity contribution < 1.29 is 39.5 Å². The zero-order valence-electron chi connectivity index (χ0n) is 7.13. The molecule has 0 radical (unpaired) electrons. The first-order chi connectivity index (χ1) is 5.25. The van der Waals surface area contributed by atoms with Gasteiger partial charge in [-0.25, -0.2) is 0 Å². The van der Waals surface area contributed by atoms with Crippen molar-refractivity contribution in [3.05, 3.63) is 29.8 Å². The van der Waals surface area contributed by atoms with Crippen LogP contribution in [0.15, 0.2) is 24.3 Å². The predicted octanol–water partition coefficient (Wildman–Crippen LogP) is -2.88. The number of amides is 1. The molecular weight excluding hydrogens is 165 g/mol. The Balaban J connectivity index is 0.00000121. The van der Waals surface area contributed by atoms with Crippen molar-refractivity contribution >= 4 is 5.91 Å². The van der Waals surface area contributed by atoms with Gasteiger partial charge in [0.05, 0.1) is 0 Å². The maximum absolute atomic E-state index is 11.0. The summed E-state index contributed by atoms with van der Waals surface area (Å²) in [6.45, 7) is 0. The molecule has 0 saturated carbocycles. The minimum Gasteiger partial charge on any atom is -0.872 e. The average Bonchev–Trinajstić information content (AvgIpc) is 2.04. The Bertz CT molecular complexity index is 276. The first kappa shape index (κ1) is 11.5. The van der Waals surface area contributed by atoms with Gasteiger partial charge < -0.3 is 10.4 Å². The van der Waals surface area contributed by atoms with Gasteiger partial charge in [0, 0.05) is 12.6 Å². The van der Waals surface area contributed by atoms with Crippen LogP contribution in [0.5, 0.6) is 5.75 Å². The molecule has 4 heteroatoms. The summed E-state index contributed by atoms with van der Waals surface area (Å²) in [4.78, 5) is 10.9. The van der Waals surface area contributed by atoms with Crippen LogP contribution in [0, 0.1) is 0 Å². The maximum Gasteiger partial charge on any atom is 1.00 e. The van der Waals surface area contributed by atoms with E-state index in [0.717, 1.165) is 0 Å². The minimum absolute atomic E-state index is 0. The van der Waals surface area contributed by atoms with Crippen LogP contribution in [-0.4, -0.2) is 13.0 Å². The molecule has 0 aromatic heterocycles. The van der Waals surface area contributed by atoms with E-state index in [2.05, 4.69) is 5.32 Å². The Morgan fingerprint density at radius 2 is 2.00 bits per heavy atom. The summed E-state index contributed by atoms with van der Waals surface area (Å²) >= 11 is 0. The van der Waals surface area contributed by atoms with Gasteiger partial charge in [-0.15, -0.1) is 0 Å². The SMILES string of the molecule is CNC(=O)c1ccccc1[O-].[Na+]. The molecule has 0 aliphatic heterocycles. The topological polar surface area (TPSA) is 52.2 Å². The van der Waals surface area contributed by atoms with Gasteiger partial charge in [0.1, 0.15) is 0 Å². The summed E-state index contributed by atoms with van der Waals surface area (Å²) in [7, 11) is 1.49.